The molecule has 0 fully saturated rings. The second-order valence-electron chi connectivity index (χ2n) is 4.21. The highest BCUT2D eigenvalue weighted by atomic mass is 16.5. The van der Waals surface area contributed by atoms with Gasteiger partial charge in [-0.1, -0.05) is 18.2 Å². The van der Waals surface area contributed by atoms with Crippen molar-refractivity contribution in [2.24, 2.45) is 5.73 Å². The van der Waals surface area contributed by atoms with Crippen molar-refractivity contribution in [3.8, 4) is 0 Å². The van der Waals surface area contributed by atoms with Crippen LogP contribution < -0.4 is 5.73 Å². The molecule has 1 aromatic rings. The van der Waals surface area contributed by atoms with Gasteiger partial charge in [0.2, 0.25) is 0 Å². The van der Waals surface area contributed by atoms with Gasteiger partial charge >= 0.3 is 5.97 Å². The molecule has 0 saturated carbocycles. The summed E-state index contributed by atoms with van der Waals surface area (Å²) in [6.45, 7) is 3.30. The van der Waals surface area contributed by atoms with Gasteiger partial charge < -0.3 is 14.9 Å². The maximum absolute atomic E-state index is 11.3. The first-order valence-electron chi connectivity index (χ1n) is 5.78. The van der Waals surface area contributed by atoms with Crippen molar-refractivity contribution in [2.75, 3.05) is 13.2 Å². The number of nitrogens with two attached hydrogens (primary N) is 1. The zero-order chi connectivity index (χ0) is 13.8. The zero-order valence-electron chi connectivity index (χ0n) is 10.6. The molecule has 4 N–H and O–H groups in total. The zero-order valence-corrected chi connectivity index (χ0v) is 10.6. The molecule has 0 saturated heterocycles. The summed E-state index contributed by atoms with van der Waals surface area (Å²) in [5.74, 6) is -0.296. The van der Waals surface area contributed by atoms with E-state index in [2.05, 4.69) is 0 Å². The van der Waals surface area contributed by atoms with Gasteiger partial charge in [-0.3, -0.25) is 10.5 Å². The minimum Gasteiger partial charge on any atom is -0.466 e. The number of aliphatic hydroxyl groups excluding tert-OH is 1. The van der Waals surface area contributed by atoms with Crippen LogP contribution in [0.3, 0.4) is 0 Å². The number of benzene rings is 1. The van der Waals surface area contributed by atoms with Crippen LogP contribution in [-0.4, -0.2) is 29.4 Å². The summed E-state index contributed by atoms with van der Waals surface area (Å²) >= 11 is 0. The molecular formula is C13H19NO4. The summed E-state index contributed by atoms with van der Waals surface area (Å²) in [7, 11) is 0. The summed E-state index contributed by atoms with van der Waals surface area (Å²) in [5.41, 5.74) is 5.74. The minimum atomic E-state index is -1.76. The predicted molar refractivity (Wildman–Crippen MR) is 66.7 cm³/mol. The monoisotopic (exact) mass is 253 g/mol. The number of esters is 1. The number of rotatable bonds is 5. The third-order valence-electron chi connectivity index (χ3n) is 2.65. The van der Waals surface area contributed by atoms with Crippen LogP contribution in [0.4, 0.5) is 0 Å². The molecule has 5 heteroatoms. The van der Waals surface area contributed by atoms with Gasteiger partial charge in [-0.2, -0.15) is 0 Å². The number of hydrogen-bond donors (Lipinski definition) is 3. The normalized spacial score (nSPS) is 14.1. The molecule has 0 aliphatic carbocycles. The van der Waals surface area contributed by atoms with E-state index in [0.717, 1.165) is 11.1 Å². The molecule has 0 radical (unpaired) electrons. The maximum atomic E-state index is 11.3. The van der Waals surface area contributed by atoms with Crippen molar-refractivity contribution in [3.63, 3.8) is 0 Å². The lowest BCUT2D eigenvalue weighted by atomic mass is 9.96. The summed E-state index contributed by atoms with van der Waals surface area (Å²) in [6.07, 6.45) is 0.178. The molecule has 1 aromatic carbocycles. The Kier molecular flexibility index (Phi) is 4.84. The average molecular weight is 253 g/mol. The largest absolute Gasteiger partial charge is 0.466 e. The number of hydrogen-bond acceptors (Lipinski definition) is 5. The highest BCUT2D eigenvalue weighted by molar-refractivity contribution is 5.72. The Bertz CT molecular complexity index is 429. The van der Waals surface area contributed by atoms with Gasteiger partial charge in [-0.05, 0) is 25.0 Å². The number of aliphatic hydroxyl groups is 2. The third kappa shape index (κ3) is 3.53. The Hall–Kier alpha value is -1.43. The summed E-state index contributed by atoms with van der Waals surface area (Å²) in [6, 6.07) is 5.05. The quantitative estimate of drug-likeness (QED) is 0.515. The Balaban J connectivity index is 2.89. The fourth-order valence-electron chi connectivity index (χ4n) is 1.79. The molecule has 100 valence electrons. The van der Waals surface area contributed by atoms with Gasteiger partial charge in [0, 0.05) is 5.56 Å². The smallest absolute Gasteiger partial charge is 0.310 e. The van der Waals surface area contributed by atoms with E-state index in [1.54, 1.807) is 32.0 Å². The SMILES string of the molecule is CCOC(=O)Cc1ccc(C(N)(O)CO)c(C)c1. The van der Waals surface area contributed by atoms with Crippen LogP contribution in [0.1, 0.15) is 23.6 Å². The van der Waals surface area contributed by atoms with Crippen LogP contribution in [0, 0.1) is 6.92 Å². The minimum absolute atomic E-state index is 0.178. The summed E-state index contributed by atoms with van der Waals surface area (Å²) in [5, 5.41) is 18.8. The summed E-state index contributed by atoms with van der Waals surface area (Å²) in [4.78, 5) is 11.3. The van der Waals surface area contributed by atoms with Crippen LogP contribution >= 0.6 is 0 Å². The Morgan fingerprint density at radius 2 is 2.17 bits per heavy atom. The number of carbonyl (C=O) groups is 1. The molecule has 0 spiro atoms. The van der Waals surface area contributed by atoms with Gasteiger partial charge in [0.15, 0.2) is 5.72 Å². The lowest BCUT2D eigenvalue weighted by molar-refractivity contribution is -0.142. The number of ether oxygens (including phenoxy) is 1. The molecule has 1 rings (SSSR count). The molecule has 0 aliphatic rings. The molecule has 0 heterocycles. The Labute approximate surface area is 106 Å². The number of aryl methyl sites for hydroxylation is 1. The predicted octanol–water partition coefficient (Wildman–Crippen LogP) is 0.197. The van der Waals surface area contributed by atoms with E-state index >= 15 is 0 Å². The second-order valence-corrected chi connectivity index (χ2v) is 4.21. The van der Waals surface area contributed by atoms with Crippen molar-refractivity contribution >= 4 is 5.97 Å². The Morgan fingerprint density at radius 1 is 1.50 bits per heavy atom. The van der Waals surface area contributed by atoms with E-state index in [1.165, 1.54) is 0 Å². The molecular weight excluding hydrogens is 234 g/mol. The first kappa shape index (κ1) is 14.6. The van der Waals surface area contributed by atoms with E-state index in [0.29, 0.717) is 12.2 Å². The second kappa shape index (κ2) is 5.95. The molecule has 0 aromatic heterocycles. The first-order chi connectivity index (χ1) is 8.40. The van der Waals surface area contributed by atoms with Gasteiger partial charge in [0.05, 0.1) is 19.6 Å². The molecule has 1 atom stereocenters. The lowest BCUT2D eigenvalue weighted by Crippen LogP contribution is -2.40. The molecule has 5 nitrogen and oxygen atoms in total. The van der Waals surface area contributed by atoms with Crippen molar-refractivity contribution in [1.82, 2.24) is 0 Å². The molecule has 18 heavy (non-hydrogen) atoms. The van der Waals surface area contributed by atoms with Gasteiger partial charge in [0.1, 0.15) is 0 Å². The molecule has 1 unspecified atom stereocenters. The molecule has 0 amide bonds. The average Bonchev–Trinajstić information content (AvgIpc) is 2.29. The number of carbonyl (C=O) groups excluding carboxylic acids is 1. The van der Waals surface area contributed by atoms with Crippen LogP contribution in [-0.2, 0) is 21.7 Å². The first-order valence-corrected chi connectivity index (χ1v) is 5.78. The summed E-state index contributed by atoms with van der Waals surface area (Å²) < 4.78 is 4.85. The maximum Gasteiger partial charge on any atom is 0.310 e. The van der Waals surface area contributed by atoms with E-state index in [4.69, 9.17) is 15.6 Å². The van der Waals surface area contributed by atoms with E-state index in [-0.39, 0.29) is 12.4 Å². The van der Waals surface area contributed by atoms with Gasteiger partial charge in [-0.15, -0.1) is 0 Å². The van der Waals surface area contributed by atoms with Crippen LogP contribution in [0.5, 0.6) is 0 Å². The van der Waals surface area contributed by atoms with E-state index < -0.39 is 12.3 Å². The van der Waals surface area contributed by atoms with Gasteiger partial charge in [0.25, 0.3) is 0 Å². The highest BCUT2D eigenvalue weighted by Gasteiger charge is 2.24. The topological polar surface area (TPSA) is 92.8 Å². The van der Waals surface area contributed by atoms with Crippen LogP contribution in [0.15, 0.2) is 18.2 Å². The lowest BCUT2D eigenvalue weighted by Gasteiger charge is -2.23. The molecule has 0 aliphatic heterocycles. The van der Waals surface area contributed by atoms with Crippen molar-refractivity contribution < 1.29 is 19.7 Å². The van der Waals surface area contributed by atoms with Crippen molar-refractivity contribution in [2.45, 2.75) is 26.0 Å². The standard InChI is InChI=1S/C13H19NO4/c1-3-18-12(16)7-10-4-5-11(9(2)6-10)13(14,17)8-15/h4-6,15,17H,3,7-8,14H2,1-2H3. The van der Waals surface area contributed by atoms with Gasteiger partial charge in [-0.25, -0.2) is 0 Å². The molecule has 0 bridgehead atoms. The fraction of sp³-hybridized carbons (Fsp3) is 0.462. The van der Waals surface area contributed by atoms with Crippen LogP contribution in [0.2, 0.25) is 0 Å². The highest BCUT2D eigenvalue weighted by Crippen LogP contribution is 2.20. The van der Waals surface area contributed by atoms with Crippen molar-refractivity contribution in [3.05, 3.63) is 34.9 Å². The van der Waals surface area contributed by atoms with Crippen molar-refractivity contribution in [1.29, 1.82) is 0 Å². The van der Waals surface area contributed by atoms with E-state index in [1.807, 2.05) is 0 Å². The fourth-order valence-corrected chi connectivity index (χ4v) is 1.79. The van der Waals surface area contributed by atoms with Crippen LogP contribution in [0.25, 0.3) is 0 Å². The van der Waals surface area contributed by atoms with E-state index in [9.17, 15) is 9.90 Å². The Morgan fingerprint density at radius 3 is 2.67 bits per heavy atom. The third-order valence-corrected chi connectivity index (χ3v) is 2.65.